The number of carbonyl (C=O) groups is 1. The zero-order valence-corrected chi connectivity index (χ0v) is 14.5. The van der Waals surface area contributed by atoms with Gasteiger partial charge in [0.05, 0.1) is 12.2 Å². The summed E-state index contributed by atoms with van der Waals surface area (Å²) in [4.78, 5) is 18.5. The van der Waals surface area contributed by atoms with Gasteiger partial charge in [0.15, 0.2) is 5.70 Å². The van der Waals surface area contributed by atoms with Gasteiger partial charge in [0.1, 0.15) is 5.75 Å². The third-order valence-electron chi connectivity index (χ3n) is 3.75. The van der Waals surface area contributed by atoms with E-state index in [2.05, 4.69) is 4.99 Å². The number of nitrogens with zero attached hydrogens (tertiary/aromatic N) is 2. The van der Waals surface area contributed by atoms with Crippen molar-refractivity contribution in [2.75, 3.05) is 25.6 Å². The van der Waals surface area contributed by atoms with Gasteiger partial charge in [-0.2, -0.15) is 0 Å². The molecule has 0 spiro atoms. The summed E-state index contributed by atoms with van der Waals surface area (Å²) in [6.45, 7) is 2.43. The maximum absolute atomic E-state index is 12.2. The van der Waals surface area contributed by atoms with Gasteiger partial charge in [-0.15, -0.1) is 0 Å². The van der Waals surface area contributed by atoms with Crippen LogP contribution >= 0.6 is 0 Å². The molecule has 25 heavy (non-hydrogen) atoms. The minimum atomic E-state index is -0.460. The largest absolute Gasteiger partial charge is 0.493 e. The van der Waals surface area contributed by atoms with E-state index in [1.165, 1.54) is 0 Å². The summed E-state index contributed by atoms with van der Waals surface area (Å²) in [6, 6.07) is 15.2. The third kappa shape index (κ3) is 3.71. The molecule has 5 nitrogen and oxygen atoms in total. The molecule has 0 bridgehead atoms. The fourth-order valence-corrected chi connectivity index (χ4v) is 2.48. The zero-order chi connectivity index (χ0) is 17.8. The number of anilines is 1. The number of hydrogen-bond donors (Lipinski definition) is 0. The summed E-state index contributed by atoms with van der Waals surface area (Å²) < 4.78 is 10.9. The van der Waals surface area contributed by atoms with Crippen LogP contribution in [0.2, 0.25) is 0 Å². The molecular formula is C20H20N2O3. The Morgan fingerprint density at radius 1 is 1.12 bits per heavy atom. The molecule has 1 aliphatic rings. The molecule has 0 N–H and O–H groups in total. The highest BCUT2D eigenvalue weighted by Gasteiger charge is 2.26. The molecule has 5 heteroatoms. The second kappa shape index (κ2) is 7.21. The van der Waals surface area contributed by atoms with Crippen molar-refractivity contribution < 1.29 is 14.3 Å². The molecule has 0 saturated carbocycles. The highest BCUT2D eigenvalue weighted by molar-refractivity contribution is 6.13. The van der Waals surface area contributed by atoms with Crippen LogP contribution in [-0.2, 0) is 9.53 Å². The number of hydrogen-bond acceptors (Lipinski definition) is 5. The van der Waals surface area contributed by atoms with Crippen molar-refractivity contribution in [1.29, 1.82) is 0 Å². The first-order valence-electron chi connectivity index (χ1n) is 8.10. The lowest BCUT2D eigenvalue weighted by molar-refractivity contribution is -0.129. The molecule has 0 unspecified atom stereocenters. The topological polar surface area (TPSA) is 51.1 Å². The summed E-state index contributed by atoms with van der Waals surface area (Å²) in [5, 5.41) is 0. The first-order valence-corrected chi connectivity index (χ1v) is 8.10. The maximum Gasteiger partial charge on any atom is 0.363 e. The fourth-order valence-electron chi connectivity index (χ4n) is 2.48. The van der Waals surface area contributed by atoms with Crippen LogP contribution in [0.15, 0.2) is 59.2 Å². The number of esters is 1. The van der Waals surface area contributed by atoms with Gasteiger partial charge >= 0.3 is 5.97 Å². The van der Waals surface area contributed by atoms with Crippen LogP contribution in [0.4, 0.5) is 5.69 Å². The van der Waals surface area contributed by atoms with E-state index in [-0.39, 0.29) is 11.6 Å². The monoisotopic (exact) mass is 336 g/mol. The number of benzene rings is 2. The second-order valence-corrected chi connectivity index (χ2v) is 5.75. The Hall–Kier alpha value is -3.08. The Labute approximate surface area is 147 Å². The van der Waals surface area contributed by atoms with Gasteiger partial charge in [-0.25, -0.2) is 9.79 Å². The van der Waals surface area contributed by atoms with Crippen LogP contribution in [0.25, 0.3) is 6.08 Å². The van der Waals surface area contributed by atoms with Gasteiger partial charge in [-0.3, -0.25) is 0 Å². The van der Waals surface area contributed by atoms with Crippen molar-refractivity contribution in [2.24, 2.45) is 4.99 Å². The summed E-state index contributed by atoms with van der Waals surface area (Å²) in [7, 11) is 3.96. The first-order chi connectivity index (χ1) is 12.1. The van der Waals surface area contributed by atoms with E-state index in [0.717, 1.165) is 11.3 Å². The van der Waals surface area contributed by atoms with Crippen molar-refractivity contribution in [3.63, 3.8) is 0 Å². The summed E-state index contributed by atoms with van der Waals surface area (Å²) >= 11 is 0. The number of carbonyl (C=O) groups excluding carboxylic acids is 1. The van der Waals surface area contributed by atoms with Crippen molar-refractivity contribution in [2.45, 2.75) is 6.92 Å². The van der Waals surface area contributed by atoms with Crippen LogP contribution in [0.1, 0.15) is 18.1 Å². The van der Waals surface area contributed by atoms with E-state index >= 15 is 0 Å². The van der Waals surface area contributed by atoms with Gasteiger partial charge in [-0.1, -0.05) is 24.3 Å². The van der Waals surface area contributed by atoms with Crippen molar-refractivity contribution in [3.05, 3.63) is 65.4 Å². The Kier molecular flexibility index (Phi) is 4.84. The predicted octanol–water partition coefficient (Wildman–Crippen LogP) is 3.50. The SMILES string of the molecule is CCOc1ccccc1C1=N/C(=C/c2ccc(N(C)C)cc2)C(=O)O1. The number of ether oxygens (including phenoxy) is 2. The number of aliphatic imine (C=N–C) groups is 1. The van der Waals surface area contributed by atoms with Gasteiger partial charge in [0.2, 0.25) is 5.90 Å². The molecule has 2 aromatic rings. The van der Waals surface area contributed by atoms with Crippen molar-refractivity contribution in [3.8, 4) is 5.75 Å². The average molecular weight is 336 g/mol. The molecule has 1 aliphatic heterocycles. The average Bonchev–Trinajstić information content (AvgIpc) is 2.97. The molecular weight excluding hydrogens is 316 g/mol. The van der Waals surface area contributed by atoms with Gasteiger partial charge in [0, 0.05) is 19.8 Å². The highest BCUT2D eigenvalue weighted by Crippen LogP contribution is 2.25. The molecule has 0 aromatic heterocycles. The van der Waals surface area contributed by atoms with Crippen LogP contribution in [-0.4, -0.2) is 32.6 Å². The Bertz CT molecular complexity index is 836. The highest BCUT2D eigenvalue weighted by atomic mass is 16.6. The Morgan fingerprint density at radius 3 is 2.52 bits per heavy atom. The van der Waals surface area contributed by atoms with E-state index in [1.54, 1.807) is 6.08 Å². The molecule has 0 atom stereocenters. The molecule has 0 fully saturated rings. The summed E-state index contributed by atoms with van der Waals surface area (Å²) in [5.74, 6) is 0.455. The van der Waals surface area contributed by atoms with Crippen molar-refractivity contribution >= 4 is 23.6 Å². The molecule has 0 saturated heterocycles. The minimum absolute atomic E-state index is 0.269. The second-order valence-electron chi connectivity index (χ2n) is 5.75. The smallest absolute Gasteiger partial charge is 0.363 e. The molecule has 0 radical (unpaired) electrons. The summed E-state index contributed by atoms with van der Waals surface area (Å²) in [6.07, 6.45) is 1.72. The lowest BCUT2D eigenvalue weighted by atomic mass is 10.1. The number of rotatable bonds is 5. The summed E-state index contributed by atoms with van der Waals surface area (Å²) in [5.41, 5.74) is 2.93. The third-order valence-corrected chi connectivity index (χ3v) is 3.75. The van der Waals surface area contributed by atoms with Gasteiger partial charge < -0.3 is 14.4 Å². The van der Waals surface area contributed by atoms with Crippen LogP contribution in [0, 0.1) is 0 Å². The van der Waals surface area contributed by atoms with Crippen LogP contribution < -0.4 is 9.64 Å². The van der Waals surface area contributed by atoms with Crippen molar-refractivity contribution in [1.82, 2.24) is 0 Å². The molecule has 1 heterocycles. The standard InChI is InChI=1S/C20H20N2O3/c1-4-24-18-8-6-5-7-16(18)19-21-17(20(23)25-19)13-14-9-11-15(12-10-14)22(2)3/h5-13H,4H2,1-3H3/b17-13+. The lowest BCUT2D eigenvalue weighted by Crippen LogP contribution is -2.08. The maximum atomic E-state index is 12.2. The van der Waals surface area contributed by atoms with Crippen LogP contribution in [0.3, 0.4) is 0 Å². The molecule has 2 aromatic carbocycles. The van der Waals surface area contributed by atoms with Gasteiger partial charge in [-0.05, 0) is 42.8 Å². The van der Waals surface area contributed by atoms with E-state index < -0.39 is 5.97 Å². The molecule has 0 aliphatic carbocycles. The number of cyclic esters (lactones) is 1. The molecule has 3 rings (SSSR count). The van der Waals surface area contributed by atoms with Gasteiger partial charge in [0.25, 0.3) is 0 Å². The Balaban J connectivity index is 1.90. The lowest BCUT2D eigenvalue weighted by Gasteiger charge is -2.11. The quantitative estimate of drug-likeness (QED) is 0.619. The molecule has 0 amide bonds. The normalized spacial score (nSPS) is 15.1. The predicted molar refractivity (Wildman–Crippen MR) is 99.0 cm³/mol. The molecule has 128 valence electrons. The fraction of sp³-hybridized carbons (Fsp3) is 0.200. The van der Waals surface area contributed by atoms with E-state index in [9.17, 15) is 4.79 Å². The van der Waals surface area contributed by atoms with E-state index in [0.29, 0.717) is 17.9 Å². The van der Waals surface area contributed by atoms with E-state index in [4.69, 9.17) is 9.47 Å². The van der Waals surface area contributed by atoms with Crippen LogP contribution in [0.5, 0.6) is 5.75 Å². The Morgan fingerprint density at radius 2 is 1.84 bits per heavy atom. The van der Waals surface area contributed by atoms with E-state index in [1.807, 2.05) is 74.4 Å². The minimum Gasteiger partial charge on any atom is -0.493 e. The number of para-hydroxylation sites is 1. The first kappa shape index (κ1) is 16.8. The zero-order valence-electron chi connectivity index (χ0n) is 14.5.